The fraction of sp³-hybridized carbons (Fsp3) is 0.300. The molecule has 0 atom stereocenters. The predicted molar refractivity (Wildman–Crippen MR) is 109 cm³/mol. The minimum atomic E-state index is 0.710. The number of hydrogen-bond donors (Lipinski definition) is 1. The molecule has 0 bridgehead atoms. The number of pyridine rings is 2. The third kappa shape index (κ3) is 3.32. The molecule has 3 aromatic rings. The van der Waals surface area contributed by atoms with Gasteiger partial charge in [-0.3, -0.25) is 0 Å². The average molecular weight is 368 g/mol. The van der Waals surface area contributed by atoms with Gasteiger partial charge in [-0.2, -0.15) is 0 Å². The summed E-state index contributed by atoms with van der Waals surface area (Å²) in [5.41, 5.74) is 3.82. The van der Waals surface area contributed by atoms with Gasteiger partial charge in [-0.05, 0) is 36.4 Å². The van der Waals surface area contributed by atoms with E-state index in [9.17, 15) is 0 Å². The Morgan fingerprint density at radius 3 is 2.58 bits per heavy atom. The summed E-state index contributed by atoms with van der Waals surface area (Å²) in [5, 5.41) is 5.03. The Balaban J connectivity index is 1.69. The molecule has 1 aromatic carbocycles. The largest absolute Gasteiger partial charge is 0.378 e. The van der Waals surface area contributed by atoms with Crippen molar-refractivity contribution in [1.29, 1.82) is 0 Å². The van der Waals surface area contributed by atoms with Gasteiger partial charge in [0.25, 0.3) is 0 Å². The number of aromatic nitrogens is 2. The van der Waals surface area contributed by atoms with E-state index in [0.29, 0.717) is 5.02 Å². The second kappa shape index (κ2) is 7.09. The van der Waals surface area contributed by atoms with Gasteiger partial charge in [0.1, 0.15) is 5.82 Å². The van der Waals surface area contributed by atoms with Crippen LogP contribution in [0.1, 0.15) is 0 Å². The van der Waals surface area contributed by atoms with Crippen molar-refractivity contribution in [3.63, 3.8) is 0 Å². The number of benzene rings is 1. The van der Waals surface area contributed by atoms with Crippen molar-refractivity contribution in [3.8, 4) is 11.3 Å². The fourth-order valence-electron chi connectivity index (χ4n) is 3.22. The summed E-state index contributed by atoms with van der Waals surface area (Å²) in [6.45, 7) is 3.97. The van der Waals surface area contributed by atoms with Crippen LogP contribution in [0.15, 0.2) is 42.6 Å². The molecule has 0 unspecified atom stereocenters. The number of piperazine rings is 1. The summed E-state index contributed by atoms with van der Waals surface area (Å²) >= 11 is 6.51. The average Bonchev–Trinajstić information content (AvgIpc) is 2.68. The van der Waals surface area contributed by atoms with Crippen LogP contribution in [-0.2, 0) is 0 Å². The van der Waals surface area contributed by atoms with Crippen LogP contribution in [0.2, 0.25) is 5.02 Å². The zero-order valence-electron chi connectivity index (χ0n) is 15.0. The van der Waals surface area contributed by atoms with Crippen LogP contribution in [0.25, 0.3) is 22.2 Å². The molecule has 1 saturated heterocycles. The van der Waals surface area contributed by atoms with Gasteiger partial charge in [0.05, 0.1) is 16.2 Å². The number of nitrogens with zero attached hydrogens (tertiary/aromatic N) is 4. The third-order valence-electron chi connectivity index (χ3n) is 4.74. The zero-order valence-corrected chi connectivity index (χ0v) is 15.8. The van der Waals surface area contributed by atoms with Gasteiger partial charge in [0.2, 0.25) is 0 Å². The molecule has 0 spiro atoms. The number of anilines is 2. The molecule has 1 aliphatic heterocycles. The molecule has 2 aromatic heterocycles. The highest BCUT2D eigenvalue weighted by Crippen LogP contribution is 2.30. The van der Waals surface area contributed by atoms with Crippen LogP contribution >= 0.6 is 11.6 Å². The summed E-state index contributed by atoms with van der Waals surface area (Å²) in [4.78, 5) is 13.8. The lowest BCUT2D eigenvalue weighted by Crippen LogP contribution is -2.43. The summed E-state index contributed by atoms with van der Waals surface area (Å²) < 4.78 is 0. The van der Waals surface area contributed by atoms with Crippen molar-refractivity contribution in [2.75, 3.05) is 50.1 Å². The standard InChI is InChI=1S/C20H22ClN5/c1-25(2)15-4-5-16-17(21)12-18(24-19(16)11-15)14-3-6-20(23-13-14)26-9-7-22-8-10-26/h3-6,11-13,22H,7-10H2,1-2H3. The Kier molecular flexibility index (Phi) is 4.66. The second-order valence-corrected chi connectivity index (χ2v) is 7.13. The minimum Gasteiger partial charge on any atom is -0.378 e. The normalized spacial score (nSPS) is 14.7. The third-order valence-corrected chi connectivity index (χ3v) is 5.06. The molecule has 0 aliphatic carbocycles. The molecule has 1 aliphatic rings. The van der Waals surface area contributed by atoms with E-state index in [-0.39, 0.29) is 0 Å². The molecular formula is C20H22ClN5. The highest BCUT2D eigenvalue weighted by Gasteiger charge is 2.13. The molecule has 3 heterocycles. The number of hydrogen-bond acceptors (Lipinski definition) is 5. The fourth-order valence-corrected chi connectivity index (χ4v) is 3.48. The van der Waals surface area contributed by atoms with Crippen LogP contribution in [0.5, 0.6) is 0 Å². The van der Waals surface area contributed by atoms with Crippen LogP contribution in [0.4, 0.5) is 11.5 Å². The van der Waals surface area contributed by atoms with E-state index in [2.05, 4.69) is 44.4 Å². The molecule has 0 radical (unpaired) electrons. The van der Waals surface area contributed by atoms with Gasteiger partial charge < -0.3 is 15.1 Å². The molecule has 6 heteroatoms. The van der Waals surface area contributed by atoms with Gasteiger partial charge in [0.15, 0.2) is 0 Å². The maximum absolute atomic E-state index is 6.51. The van der Waals surface area contributed by atoms with E-state index in [0.717, 1.165) is 59.8 Å². The summed E-state index contributed by atoms with van der Waals surface area (Å²) in [5.74, 6) is 1.01. The SMILES string of the molecule is CN(C)c1ccc2c(Cl)cc(-c3ccc(N4CCNCC4)nc3)nc2c1. The molecule has 1 fully saturated rings. The Morgan fingerprint density at radius 1 is 1.08 bits per heavy atom. The molecule has 0 saturated carbocycles. The van der Waals surface area contributed by atoms with Gasteiger partial charge in [-0.1, -0.05) is 11.6 Å². The lowest BCUT2D eigenvalue weighted by Gasteiger charge is -2.28. The van der Waals surface area contributed by atoms with E-state index in [4.69, 9.17) is 16.6 Å². The molecular weight excluding hydrogens is 346 g/mol. The molecule has 26 heavy (non-hydrogen) atoms. The van der Waals surface area contributed by atoms with E-state index in [1.807, 2.05) is 32.4 Å². The monoisotopic (exact) mass is 367 g/mol. The molecule has 0 amide bonds. The molecule has 4 rings (SSSR count). The van der Waals surface area contributed by atoms with E-state index in [1.165, 1.54) is 0 Å². The van der Waals surface area contributed by atoms with Crippen LogP contribution in [-0.4, -0.2) is 50.2 Å². The Labute approximate surface area is 158 Å². The van der Waals surface area contributed by atoms with Crippen molar-refractivity contribution in [1.82, 2.24) is 15.3 Å². The predicted octanol–water partition coefficient (Wildman–Crippen LogP) is 3.43. The smallest absolute Gasteiger partial charge is 0.128 e. The van der Waals surface area contributed by atoms with Crippen molar-refractivity contribution >= 4 is 34.0 Å². The van der Waals surface area contributed by atoms with Crippen molar-refractivity contribution in [3.05, 3.63) is 47.6 Å². The highest BCUT2D eigenvalue weighted by atomic mass is 35.5. The molecule has 5 nitrogen and oxygen atoms in total. The van der Waals surface area contributed by atoms with Crippen molar-refractivity contribution in [2.45, 2.75) is 0 Å². The number of rotatable bonds is 3. The lowest BCUT2D eigenvalue weighted by molar-refractivity contribution is 0.585. The van der Waals surface area contributed by atoms with Crippen LogP contribution in [0.3, 0.4) is 0 Å². The summed E-state index contributed by atoms with van der Waals surface area (Å²) in [6.07, 6.45) is 1.89. The van der Waals surface area contributed by atoms with E-state index in [1.54, 1.807) is 0 Å². The maximum Gasteiger partial charge on any atom is 0.128 e. The Morgan fingerprint density at radius 2 is 1.88 bits per heavy atom. The minimum absolute atomic E-state index is 0.710. The first-order valence-corrected chi connectivity index (χ1v) is 9.19. The number of nitrogens with one attached hydrogen (secondary N) is 1. The number of fused-ring (bicyclic) bond motifs is 1. The van der Waals surface area contributed by atoms with E-state index < -0.39 is 0 Å². The summed E-state index contributed by atoms with van der Waals surface area (Å²) in [6, 6.07) is 12.2. The first kappa shape index (κ1) is 17.1. The zero-order chi connectivity index (χ0) is 18.1. The van der Waals surface area contributed by atoms with Crippen molar-refractivity contribution in [2.24, 2.45) is 0 Å². The lowest BCUT2D eigenvalue weighted by atomic mass is 10.1. The number of halogens is 1. The molecule has 134 valence electrons. The van der Waals surface area contributed by atoms with Gasteiger partial charge in [-0.25, -0.2) is 9.97 Å². The highest BCUT2D eigenvalue weighted by molar-refractivity contribution is 6.35. The first-order valence-electron chi connectivity index (χ1n) is 8.81. The van der Waals surface area contributed by atoms with Crippen LogP contribution < -0.4 is 15.1 Å². The topological polar surface area (TPSA) is 44.3 Å². The van der Waals surface area contributed by atoms with Gasteiger partial charge in [-0.15, -0.1) is 0 Å². The van der Waals surface area contributed by atoms with Gasteiger partial charge in [0, 0.05) is 63.1 Å². The Bertz CT molecular complexity index is 917. The Hall–Kier alpha value is -2.37. The second-order valence-electron chi connectivity index (χ2n) is 6.73. The molecule has 1 N–H and O–H groups in total. The first-order chi connectivity index (χ1) is 12.6. The summed E-state index contributed by atoms with van der Waals surface area (Å²) in [7, 11) is 4.04. The van der Waals surface area contributed by atoms with Gasteiger partial charge >= 0.3 is 0 Å². The van der Waals surface area contributed by atoms with Crippen LogP contribution in [0, 0.1) is 0 Å². The quantitative estimate of drug-likeness (QED) is 0.768. The maximum atomic E-state index is 6.51. The van der Waals surface area contributed by atoms with Crippen molar-refractivity contribution < 1.29 is 0 Å². The van der Waals surface area contributed by atoms with E-state index >= 15 is 0 Å².